The van der Waals surface area contributed by atoms with Crippen molar-refractivity contribution < 1.29 is 19.1 Å². The third-order valence-corrected chi connectivity index (χ3v) is 4.20. The van der Waals surface area contributed by atoms with E-state index in [1.807, 2.05) is 6.07 Å². The Balaban J connectivity index is 1.84. The van der Waals surface area contributed by atoms with Crippen LogP contribution in [0.15, 0.2) is 24.3 Å². The first-order valence-corrected chi connectivity index (χ1v) is 8.31. The molecule has 1 saturated heterocycles. The van der Waals surface area contributed by atoms with Gasteiger partial charge in [0, 0.05) is 24.3 Å². The Morgan fingerprint density at radius 2 is 1.88 bits per heavy atom. The Kier molecular flexibility index (Phi) is 6.35. The second kappa shape index (κ2) is 8.47. The van der Waals surface area contributed by atoms with E-state index in [1.165, 1.54) is 6.92 Å². The molecule has 1 heterocycles. The summed E-state index contributed by atoms with van der Waals surface area (Å²) in [5.41, 5.74) is 1.24. The minimum atomic E-state index is -0.168. The van der Waals surface area contributed by atoms with Crippen LogP contribution in [0.3, 0.4) is 0 Å². The zero-order valence-electron chi connectivity index (χ0n) is 14.2. The highest BCUT2D eigenvalue weighted by molar-refractivity contribution is 6.00. The van der Waals surface area contributed by atoms with Crippen molar-refractivity contribution in [2.75, 3.05) is 31.6 Å². The number of piperidine rings is 1. The van der Waals surface area contributed by atoms with Crippen molar-refractivity contribution in [1.29, 1.82) is 0 Å². The van der Waals surface area contributed by atoms with Crippen molar-refractivity contribution in [2.45, 2.75) is 26.7 Å². The van der Waals surface area contributed by atoms with Gasteiger partial charge >= 0.3 is 5.97 Å². The van der Waals surface area contributed by atoms with Gasteiger partial charge in [0.25, 0.3) is 0 Å². The first kappa shape index (κ1) is 18.0. The number of anilines is 1. The van der Waals surface area contributed by atoms with E-state index in [4.69, 9.17) is 4.74 Å². The van der Waals surface area contributed by atoms with Crippen LogP contribution in [0.2, 0.25) is 0 Å². The summed E-state index contributed by atoms with van der Waals surface area (Å²) < 4.78 is 5.03. The van der Waals surface area contributed by atoms with Gasteiger partial charge in [0.1, 0.15) is 0 Å². The molecule has 1 N–H and O–H groups in total. The SMILES string of the molecule is CCOC(=O)C1CCN(C(=O)CNc2ccccc2C(C)=O)CC1. The number of hydrogen-bond acceptors (Lipinski definition) is 5. The number of benzene rings is 1. The fraction of sp³-hybridized carbons (Fsp3) is 0.500. The molecule has 1 aromatic rings. The molecule has 0 atom stereocenters. The fourth-order valence-corrected chi connectivity index (χ4v) is 2.85. The monoisotopic (exact) mass is 332 g/mol. The lowest BCUT2D eigenvalue weighted by molar-refractivity contribution is -0.151. The highest BCUT2D eigenvalue weighted by Crippen LogP contribution is 2.19. The number of Topliss-reactive ketones (excluding diaryl/α,β-unsaturated/α-hetero) is 1. The van der Waals surface area contributed by atoms with Crippen LogP contribution in [0.1, 0.15) is 37.0 Å². The minimum Gasteiger partial charge on any atom is -0.466 e. The number of nitrogens with one attached hydrogen (secondary N) is 1. The van der Waals surface area contributed by atoms with E-state index in [2.05, 4.69) is 5.32 Å². The lowest BCUT2D eigenvalue weighted by atomic mass is 9.97. The molecule has 0 spiro atoms. The third kappa shape index (κ3) is 4.57. The van der Waals surface area contributed by atoms with Gasteiger partial charge < -0.3 is 15.0 Å². The van der Waals surface area contributed by atoms with E-state index in [9.17, 15) is 14.4 Å². The van der Waals surface area contributed by atoms with Crippen molar-refractivity contribution in [1.82, 2.24) is 4.90 Å². The summed E-state index contributed by atoms with van der Waals surface area (Å²) in [6, 6.07) is 7.14. The van der Waals surface area contributed by atoms with E-state index >= 15 is 0 Å². The number of amides is 1. The molecule has 24 heavy (non-hydrogen) atoms. The molecule has 0 aliphatic carbocycles. The molecule has 130 valence electrons. The Morgan fingerprint density at radius 3 is 2.50 bits per heavy atom. The van der Waals surface area contributed by atoms with E-state index in [-0.39, 0.29) is 30.1 Å². The largest absolute Gasteiger partial charge is 0.466 e. The molecule has 1 aliphatic rings. The summed E-state index contributed by atoms with van der Waals surface area (Å²) in [5.74, 6) is -0.352. The zero-order valence-corrected chi connectivity index (χ0v) is 14.2. The van der Waals surface area contributed by atoms with Gasteiger partial charge in [-0.05, 0) is 38.8 Å². The number of esters is 1. The van der Waals surface area contributed by atoms with Gasteiger partial charge in [0.05, 0.1) is 19.1 Å². The summed E-state index contributed by atoms with van der Waals surface area (Å²) in [6.07, 6.45) is 1.27. The topological polar surface area (TPSA) is 75.7 Å². The van der Waals surface area contributed by atoms with E-state index in [0.717, 1.165) is 0 Å². The van der Waals surface area contributed by atoms with Crippen LogP contribution >= 0.6 is 0 Å². The van der Waals surface area contributed by atoms with Crippen LogP contribution in [0, 0.1) is 5.92 Å². The summed E-state index contributed by atoms with van der Waals surface area (Å²) in [4.78, 5) is 37.4. The number of rotatable bonds is 6. The fourth-order valence-electron chi connectivity index (χ4n) is 2.85. The molecule has 0 aromatic heterocycles. The van der Waals surface area contributed by atoms with Gasteiger partial charge in [-0.2, -0.15) is 0 Å². The number of hydrogen-bond donors (Lipinski definition) is 1. The maximum atomic E-state index is 12.3. The molecule has 0 bridgehead atoms. The van der Waals surface area contributed by atoms with Gasteiger partial charge in [-0.3, -0.25) is 14.4 Å². The van der Waals surface area contributed by atoms with Crippen LogP contribution in [-0.4, -0.2) is 48.8 Å². The van der Waals surface area contributed by atoms with Crippen molar-refractivity contribution in [3.8, 4) is 0 Å². The van der Waals surface area contributed by atoms with Crippen molar-refractivity contribution in [3.05, 3.63) is 29.8 Å². The average Bonchev–Trinajstić information content (AvgIpc) is 2.60. The average molecular weight is 332 g/mol. The highest BCUT2D eigenvalue weighted by Gasteiger charge is 2.28. The number of likely N-dealkylation sites (tertiary alicyclic amines) is 1. The molecule has 2 rings (SSSR count). The first-order valence-electron chi connectivity index (χ1n) is 8.31. The lowest BCUT2D eigenvalue weighted by Gasteiger charge is -2.31. The van der Waals surface area contributed by atoms with Crippen molar-refractivity contribution in [2.24, 2.45) is 5.92 Å². The van der Waals surface area contributed by atoms with Crippen LogP contribution in [-0.2, 0) is 14.3 Å². The minimum absolute atomic E-state index is 0.0318. The van der Waals surface area contributed by atoms with Gasteiger partial charge in [-0.25, -0.2) is 0 Å². The molecule has 1 amide bonds. The molecule has 6 heteroatoms. The molecule has 0 unspecified atom stereocenters. The Bertz CT molecular complexity index is 607. The van der Waals surface area contributed by atoms with Crippen LogP contribution in [0.25, 0.3) is 0 Å². The molecular formula is C18H24N2O4. The number of ketones is 1. The molecular weight excluding hydrogens is 308 g/mol. The first-order chi connectivity index (χ1) is 11.5. The quantitative estimate of drug-likeness (QED) is 0.638. The van der Waals surface area contributed by atoms with Crippen LogP contribution in [0.5, 0.6) is 0 Å². The summed E-state index contributed by atoms with van der Waals surface area (Å²) >= 11 is 0. The molecule has 1 aromatic carbocycles. The number of carbonyl (C=O) groups excluding carboxylic acids is 3. The second-order valence-electron chi connectivity index (χ2n) is 5.86. The normalized spacial score (nSPS) is 15.0. The lowest BCUT2D eigenvalue weighted by Crippen LogP contribution is -2.43. The number of carbonyl (C=O) groups is 3. The summed E-state index contributed by atoms with van der Waals surface area (Å²) in [7, 11) is 0. The standard InChI is InChI=1S/C18H24N2O4/c1-3-24-18(23)14-8-10-20(11-9-14)17(22)12-19-16-7-5-4-6-15(16)13(2)21/h4-7,14,19H,3,8-12H2,1-2H3. The smallest absolute Gasteiger partial charge is 0.309 e. The van der Waals surface area contributed by atoms with Gasteiger partial charge in [0.2, 0.25) is 5.91 Å². The number of para-hydroxylation sites is 1. The molecule has 6 nitrogen and oxygen atoms in total. The number of nitrogens with zero attached hydrogens (tertiary/aromatic N) is 1. The maximum Gasteiger partial charge on any atom is 0.309 e. The summed E-state index contributed by atoms with van der Waals surface area (Å²) in [5, 5.41) is 3.04. The van der Waals surface area contributed by atoms with Gasteiger partial charge in [0.15, 0.2) is 5.78 Å². The van der Waals surface area contributed by atoms with Crippen LogP contribution in [0.4, 0.5) is 5.69 Å². The van der Waals surface area contributed by atoms with E-state index in [1.54, 1.807) is 30.0 Å². The maximum absolute atomic E-state index is 12.3. The molecule has 1 aliphatic heterocycles. The van der Waals surface area contributed by atoms with Gasteiger partial charge in [-0.15, -0.1) is 0 Å². The van der Waals surface area contributed by atoms with Crippen molar-refractivity contribution >= 4 is 23.3 Å². The van der Waals surface area contributed by atoms with E-state index in [0.29, 0.717) is 43.8 Å². The number of ether oxygens (including phenoxy) is 1. The predicted octanol–water partition coefficient (Wildman–Crippen LogP) is 2.10. The Labute approximate surface area is 142 Å². The van der Waals surface area contributed by atoms with Crippen molar-refractivity contribution in [3.63, 3.8) is 0 Å². The molecule has 0 saturated carbocycles. The van der Waals surface area contributed by atoms with E-state index < -0.39 is 0 Å². The second-order valence-corrected chi connectivity index (χ2v) is 5.86. The Morgan fingerprint density at radius 1 is 1.21 bits per heavy atom. The third-order valence-electron chi connectivity index (χ3n) is 4.20. The summed E-state index contributed by atoms with van der Waals surface area (Å²) in [6.45, 7) is 4.92. The van der Waals surface area contributed by atoms with Gasteiger partial charge in [-0.1, -0.05) is 12.1 Å². The predicted molar refractivity (Wildman–Crippen MR) is 90.9 cm³/mol. The molecule has 1 fully saturated rings. The molecule has 0 radical (unpaired) electrons. The zero-order chi connectivity index (χ0) is 17.5. The highest BCUT2D eigenvalue weighted by atomic mass is 16.5. The van der Waals surface area contributed by atoms with Crippen LogP contribution < -0.4 is 5.32 Å². The Hall–Kier alpha value is -2.37.